The third-order valence-electron chi connectivity index (χ3n) is 5.53. The first-order valence-corrected chi connectivity index (χ1v) is 11.8. The number of nitro benzene ring substituents is 2. The third kappa shape index (κ3) is 4.91. The molecule has 1 aliphatic rings. The third-order valence-corrected chi connectivity index (χ3v) is 6.90. The first-order chi connectivity index (χ1) is 16.2. The van der Waals surface area contributed by atoms with Crippen molar-refractivity contribution in [1.29, 1.82) is 0 Å². The van der Waals surface area contributed by atoms with E-state index in [9.17, 15) is 28.6 Å². The molecule has 12 heteroatoms. The van der Waals surface area contributed by atoms with Gasteiger partial charge in [0.15, 0.2) is 0 Å². The number of sulfonamides is 1. The fourth-order valence-electron chi connectivity index (χ4n) is 3.80. The van der Waals surface area contributed by atoms with Gasteiger partial charge in [0.05, 0.1) is 14.7 Å². The first kappa shape index (κ1) is 23.0. The zero-order chi connectivity index (χ0) is 24.3. The van der Waals surface area contributed by atoms with Gasteiger partial charge in [-0.3, -0.25) is 25.0 Å². The molecule has 1 fully saturated rings. The van der Waals surface area contributed by atoms with Crippen molar-refractivity contribution in [3.05, 3.63) is 93.0 Å². The van der Waals surface area contributed by atoms with E-state index < -0.39 is 19.9 Å². The zero-order valence-corrected chi connectivity index (χ0v) is 18.7. The lowest BCUT2D eigenvalue weighted by Gasteiger charge is -2.37. The number of nitrogens with zero attached hydrogens (tertiary/aromatic N) is 4. The molecule has 0 bridgehead atoms. The Kier molecular flexibility index (Phi) is 6.32. The van der Waals surface area contributed by atoms with Gasteiger partial charge in [-0.2, -0.15) is 0 Å². The molecular weight excluding hydrogens is 462 g/mol. The average Bonchev–Trinajstić information content (AvgIpc) is 2.84. The van der Waals surface area contributed by atoms with Crippen LogP contribution < -0.4 is 14.5 Å². The molecule has 11 nitrogen and oxygen atoms in total. The Morgan fingerprint density at radius 3 is 1.97 bits per heavy atom. The van der Waals surface area contributed by atoms with Crippen LogP contribution in [-0.4, -0.2) is 44.4 Å². The molecule has 0 unspecified atom stereocenters. The van der Waals surface area contributed by atoms with Gasteiger partial charge in [-0.25, -0.2) is 8.42 Å². The number of hydrogen-bond donors (Lipinski definition) is 1. The van der Waals surface area contributed by atoms with E-state index in [-0.39, 0.29) is 16.3 Å². The van der Waals surface area contributed by atoms with Crippen molar-refractivity contribution < 1.29 is 18.3 Å². The van der Waals surface area contributed by atoms with Crippen LogP contribution >= 0.6 is 0 Å². The van der Waals surface area contributed by atoms with Crippen LogP contribution in [0.1, 0.15) is 0 Å². The number of anilines is 3. The monoisotopic (exact) mass is 483 g/mol. The maximum atomic E-state index is 12.7. The lowest BCUT2D eigenvalue weighted by Crippen LogP contribution is -2.46. The number of piperazine rings is 1. The molecule has 0 atom stereocenters. The smallest absolute Gasteiger partial charge is 0.293 e. The van der Waals surface area contributed by atoms with Crippen LogP contribution in [0.5, 0.6) is 0 Å². The number of nitrogens with one attached hydrogen (secondary N) is 1. The number of benzene rings is 3. The highest BCUT2D eigenvalue weighted by Gasteiger charge is 2.27. The van der Waals surface area contributed by atoms with Crippen LogP contribution in [0.25, 0.3) is 0 Å². The van der Waals surface area contributed by atoms with Crippen LogP contribution in [0, 0.1) is 20.2 Å². The molecule has 1 saturated heterocycles. The molecule has 3 aromatic rings. The molecular formula is C22H21N5O6S. The molecule has 0 aromatic heterocycles. The van der Waals surface area contributed by atoms with E-state index in [2.05, 4.69) is 4.72 Å². The highest BCUT2D eigenvalue weighted by Crippen LogP contribution is 2.33. The number of non-ortho nitro benzene ring substituents is 1. The maximum Gasteiger partial charge on any atom is 0.293 e. The summed E-state index contributed by atoms with van der Waals surface area (Å²) < 4.78 is 27.9. The Bertz CT molecular complexity index is 1310. The van der Waals surface area contributed by atoms with E-state index in [1.54, 1.807) is 42.5 Å². The van der Waals surface area contributed by atoms with E-state index in [4.69, 9.17) is 0 Å². The molecule has 0 spiro atoms. The molecule has 1 N–H and O–H groups in total. The van der Waals surface area contributed by atoms with E-state index >= 15 is 0 Å². The molecule has 0 amide bonds. The standard InChI is InChI=1S/C22H21N5O6S/c28-26(29)19-8-6-18(7-9-19)24-12-14-25(15-13-24)21-11-10-20(16-22(21)27(30)31)34(32,33)23-17-4-2-1-3-5-17/h1-11,16,23H,12-15H2. The second-order valence-corrected chi connectivity index (χ2v) is 9.31. The predicted molar refractivity (Wildman–Crippen MR) is 128 cm³/mol. The summed E-state index contributed by atoms with van der Waals surface area (Å²) in [6.45, 7) is 2.02. The van der Waals surface area contributed by atoms with Gasteiger partial charge in [0.2, 0.25) is 0 Å². The molecule has 1 aliphatic heterocycles. The Morgan fingerprint density at radius 2 is 1.38 bits per heavy atom. The van der Waals surface area contributed by atoms with E-state index in [0.29, 0.717) is 37.6 Å². The topological polar surface area (TPSA) is 139 Å². The molecule has 4 rings (SSSR count). The Labute approximate surface area is 195 Å². The minimum absolute atomic E-state index is 0.00908. The van der Waals surface area contributed by atoms with Crippen molar-refractivity contribution in [2.45, 2.75) is 4.90 Å². The molecule has 176 valence electrons. The summed E-state index contributed by atoms with van der Waals surface area (Å²) in [4.78, 5) is 25.2. The lowest BCUT2D eigenvalue weighted by molar-refractivity contribution is -0.384. The Balaban J connectivity index is 1.51. The molecule has 0 aliphatic carbocycles. The van der Waals surface area contributed by atoms with Crippen molar-refractivity contribution in [1.82, 2.24) is 0 Å². The number of hydrogen-bond acceptors (Lipinski definition) is 8. The van der Waals surface area contributed by atoms with Gasteiger partial charge in [-0.15, -0.1) is 0 Å². The van der Waals surface area contributed by atoms with Gasteiger partial charge in [0.1, 0.15) is 5.69 Å². The van der Waals surface area contributed by atoms with Crippen molar-refractivity contribution in [3.63, 3.8) is 0 Å². The van der Waals surface area contributed by atoms with E-state index in [0.717, 1.165) is 11.8 Å². The number of rotatable bonds is 7. The maximum absolute atomic E-state index is 12.7. The SMILES string of the molecule is O=[N+]([O-])c1ccc(N2CCN(c3ccc(S(=O)(=O)Nc4ccccc4)cc3[N+](=O)[O-])CC2)cc1. The predicted octanol–water partition coefficient (Wildman–Crippen LogP) is 3.63. The summed E-state index contributed by atoms with van der Waals surface area (Å²) >= 11 is 0. The van der Waals surface area contributed by atoms with Gasteiger partial charge < -0.3 is 9.80 Å². The molecule has 0 radical (unpaired) electrons. The van der Waals surface area contributed by atoms with Crippen LogP contribution in [0.15, 0.2) is 77.7 Å². The van der Waals surface area contributed by atoms with Gasteiger partial charge in [0.25, 0.3) is 21.4 Å². The zero-order valence-electron chi connectivity index (χ0n) is 17.9. The van der Waals surface area contributed by atoms with E-state index in [1.807, 2.05) is 9.80 Å². The summed E-state index contributed by atoms with van der Waals surface area (Å²) in [6, 6.07) is 18.4. The quantitative estimate of drug-likeness (QED) is 0.397. The summed E-state index contributed by atoms with van der Waals surface area (Å²) in [5.74, 6) is 0. The number of nitro groups is 2. The minimum Gasteiger partial charge on any atom is -0.368 e. The second kappa shape index (κ2) is 9.35. The first-order valence-electron chi connectivity index (χ1n) is 10.4. The minimum atomic E-state index is -4.00. The summed E-state index contributed by atoms with van der Waals surface area (Å²) in [7, 11) is -4.00. The van der Waals surface area contributed by atoms with Crippen molar-refractivity contribution in [2.24, 2.45) is 0 Å². The molecule has 0 saturated carbocycles. The van der Waals surface area contributed by atoms with Crippen LogP contribution in [0.2, 0.25) is 0 Å². The summed E-state index contributed by atoms with van der Waals surface area (Å²) in [5, 5.41) is 22.6. The van der Waals surface area contributed by atoms with Gasteiger partial charge in [-0.05, 0) is 36.4 Å². The van der Waals surface area contributed by atoms with Gasteiger partial charge in [-0.1, -0.05) is 18.2 Å². The Hall–Kier alpha value is -4.19. The normalized spacial score (nSPS) is 14.0. The highest BCUT2D eigenvalue weighted by molar-refractivity contribution is 7.92. The fraction of sp³-hybridized carbons (Fsp3) is 0.182. The summed E-state index contributed by atoms with van der Waals surface area (Å²) in [5.41, 5.74) is 1.24. The van der Waals surface area contributed by atoms with E-state index in [1.165, 1.54) is 24.3 Å². The van der Waals surface area contributed by atoms with Crippen LogP contribution in [0.4, 0.5) is 28.4 Å². The molecule has 3 aromatic carbocycles. The summed E-state index contributed by atoms with van der Waals surface area (Å²) in [6.07, 6.45) is 0. The van der Waals surface area contributed by atoms with Crippen LogP contribution in [0.3, 0.4) is 0 Å². The lowest BCUT2D eigenvalue weighted by atomic mass is 10.2. The highest BCUT2D eigenvalue weighted by atomic mass is 32.2. The molecule has 34 heavy (non-hydrogen) atoms. The van der Waals surface area contributed by atoms with Gasteiger partial charge >= 0.3 is 0 Å². The van der Waals surface area contributed by atoms with Crippen molar-refractivity contribution >= 4 is 38.5 Å². The van der Waals surface area contributed by atoms with Crippen LogP contribution in [-0.2, 0) is 10.0 Å². The second-order valence-electron chi connectivity index (χ2n) is 7.63. The fourth-order valence-corrected chi connectivity index (χ4v) is 4.87. The number of para-hydroxylation sites is 1. The largest absolute Gasteiger partial charge is 0.368 e. The van der Waals surface area contributed by atoms with Gasteiger partial charge in [0, 0.05) is 55.8 Å². The van der Waals surface area contributed by atoms with Crippen molar-refractivity contribution in [2.75, 3.05) is 40.7 Å². The van der Waals surface area contributed by atoms with Crippen molar-refractivity contribution in [3.8, 4) is 0 Å². The average molecular weight is 484 g/mol. The Morgan fingerprint density at radius 1 is 0.765 bits per heavy atom. The molecule has 1 heterocycles.